The Balaban J connectivity index is 2.38. The molecule has 0 aromatic heterocycles. The second-order valence-corrected chi connectivity index (χ2v) is 3.96. The maximum atomic E-state index is 9.83. The molecule has 0 spiro atoms. The van der Waals surface area contributed by atoms with E-state index in [1.807, 2.05) is 30.3 Å². The Hall–Kier alpha value is -0.860. The first-order chi connectivity index (χ1) is 7.24. The number of aliphatic hydroxyl groups excluding tert-OH is 2. The first kappa shape index (κ1) is 12.2. The molecule has 0 saturated heterocycles. The summed E-state index contributed by atoms with van der Waals surface area (Å²) in [4.78, 5) is 0. The summed E-state index contributed by atoms with van der Waals surface area (Å²) in [5, 5.41) is 19.5. The molecule has 0 unspecified atom stereocenters. The molecule has 0 heterocycles. The maximum Gasteiger partial charge on any atom is 0.0814 e. The van der Waals surface area contributed by atoms with E-state index in [1.165, 1.54) is 0 Å². The fourth-order valence-corrected chi connectivity index (χ4v) is 1.63. The van der Waals surface area contributed by atoms with Gasteiger partial charge in [0.25, 0.3) is 0 Å². The minimum atomic E-state index is -0.543. The highest BCUT2D eigenvalue weighted by molar-refractivity contribution is 5.17. The largest absolute Gasteiger partial charge is 0.393 e. The lowest BCUT2D eigenvalue weighted by atomic mass is 10.0. The minimum absolute atomic E-state index is 0.389. The van der Waals surface area contributed by atoms with Gasteiger partial charge in [-0.2, -0.15) is 0 Å². The molecule has 2 heteroatoms. The monoisotopic (exact) mass is 208 g/mol. The third kappa shape index (κ3) is 4.45. The smallest absolute Gasteiger partial charge is 0.0814 e. The molecule has 1 aromatic rings. The van der Waals surface area contributed by atoms with E-state index in [-0.39, 0.29) is 6.10 Å². The van der Waals surface area contributed by atoms with Gasteiger partial charge in [-0.3, -0.25) is 0 Å². The molecule has 0 fully saturated rings. The molecule has 2 N–H and O–H groups in total. The summed E-state index contributed by atoms with van der Waals surface area (Å²) in [7, 11) is 0. The maximum absolute atomic E-state index is 9.83. The van der Waals surface area contributed by atoms with Gasteiger partial charge in [-0.05, 0) is 12.0 Å². The van der Waals surface area contributed by atoms with Crippen molar-refractivity contribution >= 4 is 0 Å². The van der Waals surface area contributed by atoms with Crippen LogP contribution in [0, 0.1) is 0 Å². The van der Waals surface area contributed by atoms with E-state index < -0.39 is 6.10 Å². The van der Waals surface area contributed by atoms with Crippen molar-refractivity contribution in [1.29, 1.82) is 0 Å². The Kier molecular flexibility index (Phi) is 5.37. The van der Waals surface area contributed by atoms with Crippen molar-refractivity contribution in [3.05, 3.63) is 35.9 Å². The molecule has 0 aliphatic heterocycles. The topological polar surface area (TPSA) is 40.5 Å². The Morgan fingerprint density at radius 2 is 1.80 bits per heavy atom. The minimum Gasteiger partial charge on any atom is -0.393 e. The van der Waals surface area contributed by atoms with Crippen LogP contribution in [0.3, 0.4) is 0 Å². The number of aliphatic hydroxyl groups is 2. The van der Waals surface area contributed by atoms with Crippen LogP contribution >= 0.6 is 0 Å². The first-order valence-corrected chi connectivity index (χ1v) is 5.65. The zero-order valence-corrected chi connectivity index (χ0v) is 9.26. The molecule has 0 aliphatic rings. The van der Waals surface area contributed by atoms with Gasteiger partial charge in [0, 0.05) is 6.42 Å². The van der Waals surface area contributed by atoms with E-state index in [4.69, 9.17) is 0 Å². The number of benzene rings is 1. The SMILES string of the molecule is CCCC[C@H](O)C[C@H](O)c1ccccc1. The van der Waals surface area contributed by atoms with Gasteiger partial charge < -0.3 is 10.2 Å². The lowest BCUT2D eigenvalue weighted by Gasteiger charge is -2.15. The molecule has 0 aliphatic carbocycles. The van der Waals surface area contributed by atoms with Gasteiger partial charge in [0.1, 0.15) is 0 Å². The van der Waals surface area contributed by atoms with E-state index in [1.54, 1.807) is 0 Å². The molecule has 2 nitrogen and oxygen atoms in total. The summed E-state index contributed by atoms with van der Waals surface area (Å²) in [6.45, 7) is 2.10. The van der Waals surface area contributed by atoms with Crippen molar-refractivity contribution in [2.75, 3.05) is 0 Å². The van der Waals surface area contributed by atoms with Gasteiger partial charge in [0.15, 0.2) is 0 Å². The van der Waals surface area contributed by atoms with Gasteiger partial charge in [0.2, 0.25) is 0 Å². The van der Waals surface area contributed by atoms with Gasteiger partial charge in [-0.15, -0.1) is 0 Å². The van der Waals surface area contributed by atoms with Crippen LogP contribution in [-0.4, -0.2) is 16.3 Å². The zero-order chi connectivity index (χ0) is 11.1. The van der Waals surface area contributed by atoms with Crippen LogP contribution in [-0.2, 0) is 0 Å². The second kappa shape index (κ2) is 6.59. The summed E-state index contributed by atoms with van der Waals surface area (Å²) in [5.41, 5.74) is 0.882. The number of rotatable bonds is 6. The van der Waals surface area contributed by atoms with Crippen molar-refractivity contribution in [3.8, 4) is 0 Å². The van der Waals surface area contributed by atoms with E-state index in [2.05, 4.69) is 6.92 Å². The van der Waals surface area contributed by atoms with E-state index in [0.717, 1.165) is 24.8 Å². The molecule has 84 valence electrons. The van der Waals surface area contributed by atoms with E-state index in [9.17, 15) is 10.2 Å². The highest BCUT2D eigenvalue weighted by atomic mass is 16.3. The van der Waals surface area contributed by atoms with Crippen molar-refractivity contribution in [2.24, 2.45) is 0 Å². The van der Waals surface area contributed by atoms with E-state index in [0.29, 0.717) is 6.42 Å². The van der Waals surface area contributed by atoms with E-state index >= 15 is 0 Å². The molecule has 0 saturated carbocycles. The Bertz CT molecular complexity index is 258. The van der Waals surface area contributed by atoms with Gasteiger partial charge >= 0.3 is 0 Å². The molecular weight excluding hydrogens is 188 g/mol. The Labute approximate surface area is 91.6 Å². The van der Waals surface area contributed by atoms with Crippen LogP contribution in [0.1, 0.15) is 44.3 Å². The third-order valence-electron chi connectivity index (χ3n) is 2.57. The van der Waals surface area contributed by atoms with Crippen LogP contribution in [0.15, 0.2) is 30.3 Å². The molecule has 0 amide bonds. The predicted octanol–water partition coefficient (Wildman–Crippen LogP) is 2.66. The standard InChI is InChI=1S/C13H20O2/c1-2-3-9-12(14)10-13(15)11-7-5-4-6-8-11/h4-8,12-15H,2-3,9-10H2,1H3/t12-,13-/m0/s1. The van der Waals surface area contributed by atoms with Crippen molar-refractivity contribution in [1.82, 2.24) is 0 Å². The molecule has 1 rings (SSSR count). The van der Waals surface area contributed by atoms with Gasteiger partial charge in [-0.1, -0.05) is 50.1 Å². The highest BCUT2D eigenvalue weighted by Gasteiger charge is 2.12. The average molecular weight is 208 g/mol. The van der Waals surface area contributed by atoms with Crippen LogP contribution in [0.2, 0.25) is 0 Å². The molecule has 2 atom stereocenters. The summed E-state index contributed by atoms with van der Waals surface area (Å²) >= 11 is 0. The molecule has 1 aromatic carbocycles. The summed E-state index contributed by atoms with van der Waals surface area (Å²) < 4.78 is 0. The lowest BCUT2D eigenvalue weighted by molar-refractivity contribution is 0.0742. The first-order valence-electron chi connectivity index (χ1n) is 5.65. The number of unbranched alkanes of at least 4 members (excludes halogenated alkanes) is 1. The predicted molar refractivity (Wildman–Crippen MR) is 61.6 cm³/mol. The zero-order valence-electron chi connectivity index (χ0n) is 9.26. The van der Waals surface area contributed by atoms with Crippen molar-refractivity contribution in [3.63, 3.8) is 0 Å². The Morgan fingerprint density at radius 1 is 1.13 bits per heavy atom. The highest BCUT2D eigenvalue weighted by Crippen LogP contribution is 2.19. The Morgan fingerprint density at radius 3 is 2.40 bits per heavy atom. The van der Waals surface area contributed by atoms with Crippen molar-refractivity contribution < 1.29 is 10.2 Å². The third-order valence-corrected chi connectivity index (χ3v) is 2.57. The van der Waals surface area contributed by atoms with Crippen LogP contribution in [0.25, 0.3) is 0 Å². The molecular formula is C13H20O2. The number of hydrogen-bond donors (Lipinski definition) is 2. The summed E-state index contributed by atoms with van der Waals surface area (Å²) in [6.07, 6.45) is 2.38. The van der Waals surface area contributed by atoms with Crippen LogP contribution in [0.5, 0.6) is 0 Å². The average Bonchev–Trinajstić information content (AvgIpc) is 2.27. The fourth-order valence-electron chi connectivity index (χ4n) is 1.63. The lowest BCUT2D eigenvalue weighted by Crippen LogP contribution is -2.12. The summed E-state index contributed by atoms with van der Waals surface area (Å²) in [6, 6.07) is 9.49. The quantitative estimate of drug-likeness (QED) is 0.754. The summed E-state index contributed by atoms with van der Waals surface area (Å²) in [5.74, 6) is 0. The van der Waals surface area contributed by atoms with Crippen LogP contribution < -0.4 is 0 Å². The molecule has 0 bridgehead atoms. The molecule has 15 heavy (non-hydrogen) atoms. The van der Waals surface area contributed by atoms with Gasteiger partial charge in [0.05, 0.1) is 12.2 Å². The normalized spacial score (nSPS) is 14.9. The van der Waals surface area contributed by atoms with Crippen molar-refractivity contribution in [2.45, 2.75) is 44.8 Å². The number of hydrogen-bond acceptors (Lipinski definition) is 2. The molecule has 0 radical (unpaired) electrons. The second-order valence-electron chi connectivity index (χ2n) is 3.96. The van der Waals surface area contributed by atoms with Gasteiger partial charge in [-0.25, -0.2) is 0 Å². The fraction of sp³-hybridized carbons (Fsp3) is 0.538. The van der Waals surface area contributed by atoms with Crippen LogP contribution in [0.4, 0.5) is 0 Å².